The molecule has 112 valence electrons. The van der Waals surface area contributed by atoms with Crippen LogP contribution in [0.1, 0.15) is 12.8 Å². The van der Waals surface area contributed by atoms with Gasteiger partial charge in [0.05, 0.1) is 12.6 Å². The minimum absolute atomic E-state index is 0.153. The van der Waals surface area contributed by atoms with Crippen LogP contribution in [0.25, 0.3) is 0 Å². The van der Waals surface area contributed by atoms with E-state index < -0.39 is 18.0 Å². The number of amides is 4. The van der Waals surface area contributed by atoms with Gasteiger partial charge in [-0.25, -0.2) is 9.86 Å². The molecule has 2 unspecified atom stereocenters. The Kier molecular flexibility index (Phi) is 4.09. The zero-order chi connectivity index (χ0) is 14.9. The molecule has 4 amide bonds. The van der Waals surface area contributed by atoms with Crippen molar-refractivity contribution in [1.29, 1.82) is 0 Å². The van der Waals surface area contributed by atoms with Gasteiger partial charge in [-0.2, -0.15) is 0 Å². The SMILES string of the molecule is CN(C)CC(=O)NNC(=O)C1CCC2CN1C(=O)N2O. The van der Waals surface area contributed by atoms with E-state index in [1.165, 1.54) is 4.90 Å². The van der Waals surface area contributed by atoms with E-state index in [1.54, 1.807) is 19.0 Å². The van der Waals surface area contributed by atoms with Gasteiger partial charge in [-0.05, 0) is 26.9 Å². The predicted octanol–water partition coefficient (Wildman–Crippen LogP) is -1.65. The molecular formula is C11H19N5O4. The van der Waals surface area contributed by atoms with Crippen LogP contribution in [0.15, 0.2) is 0 Å². The van der Waals surface area contributed by atoms with Gasteiger partial charge in [0.1, 0.15) is 6.04 Å². The summed E-state index contributed by atoms with van der Waals surface area (Å²) in [7, 11) is 3.48. The fourth-order valence-corrected chi connectivity index (χ4v) is 2.46. The third-order valence-electron chi connectivity index (χ3n) is 3.43. The number of rotatable bonds is 3. The first-order chi connectivity index (χ1) is 9.40. The van der Waals surface area contributed by atoms with Gasteiger partial charge in [-0.15, -0.1) is 0 Å². The van der Waals surface area contributed by atoms with Crippen LogP contribution in [0.2, 0.25) is 0 Å². The van der Waals surface area contributed by atoms with Crippen molar-refractivity contribution in [1.82, 2.24) is 25.7 Å². The van der Waals surface area contributed by atoms with Crippen molar-refractivity contribution in [3.05, 3.63) is 0 Å². The number of likely N-dealkylation sites (N-methyl/N-ethyl adjacent to an activating group) is 1. The van der Waals surface area contributed by atoms with Crippen molar-refractivity contribution in [2.45, 2.75) is 24.9 Å². The van der Waals surface area contributed by atoms with Crippen LogP contribution in [0.3, 0.4) is 0 Å². The molecule has 3 N–H and O–H groups in total. The fourth-order valence-electron chi connectivity index (χ4n) is 2.46. The number of hydrogen-bond donors (Lipinski definition) is 3. The molecule has 2 saturated heterocycles. The van der Waals surface area contributed by atoms with E-state index in [4.69, 9.17) is 0 Å². The first-order valence-corrected chi connectivity index (χ1v) is 6.42. The lowest BCUT2D eigenvalue weighted by molar-refractivity contribution is -0.132. The summed E-state index contributed by atoms with van der Waals surface area (Å²) in [5.74, 6) is -0.784. The molecule has 2 heterocycles. The van der Waals surface area contributed by atoms with E-state index in [2.05, 4.69) is 10.9 Å². The summed E-state index contributed by atoms with van der Waals surface area (Å²) in [6.07, 6.45) is 1.02. The van der Waals surface area contributed by atoms with Gasteiger partial charge in [0.15, 0.2) is 0 Å². The summed E-state index contributed by atoms with van der Waals surface area (Å²) in [6.45, 7) is 0.485. The molecule has 2 atom stereocenters. The molecule has 9 nitrogen and oxygen atoms in total. The van der Waals surface area contributed by atoms with E-state index in [-0.39, 0.29) is 18.5 Å². The highest BCUT2D eigenvalue weighted by Gasteiger charge is 2.46. The Hall–Kier alpha value is -1.87. The quantitative estimate of drug-likeness (QED) is 0.426. The summed E-state index contributed by atoms with van der Waals surface area (Å²) in [5.41, 5.74) is 4.62. The topological polar surface area (TPSA) is 105 Å². The van der Waals surface area contributed by atoms with Gasteiger partial charge in [0, 0.05) is 6.54 Å². The van der Waals surface area contributed by atoms with Crippen molar-refractivity contribution in [2.75, 3.05) is 27.2 Å². The molecule has 20 heavy (non-hydrogen) atoms. The Bertz CT molecular complexity index is 427. The Labute approximate surface area is 116 Å². The van der Waals surface area contributed by atoms with Gasteiger partial charge >= 0.3 is 6.03 Å². The van der Waals surface area contributed by atoms with Gasteiger partial charge in [-0.3, -0.25) is 25.6 Å². The minimum Gasteiger partial charge on any atom is -0.309 e. The van der Waals surface area contributed by atoms with Crippen LogP contribution < -0.4 is 10.9 Å². The Balaban J connectivity index is 1.87. The van der Waals surface area contributed by atoms with E-state index in [0.717, 1.165) is 0 Å². The second-order valence-corrected chi connectivity index (χ2v) is 5.30. The number of urea groups is 1. The Morgan fingerprint density at radius 2 is 2.05 bits per heavy atom. The molecular weight excluding hydrogens is 266 g/mol. The summed E-state index contributed by atoms with van der Waals surface area (Å²) in [4.78, 5) is 38.1. The minimum atomic E-state index is -0.657. The van der Waals surface area contributed by atoms with Crippen molar-refractivity contribution in [2.24, 2.45) is 0 Å². The smallest absolute Gasteiger partial charge is 0.309 e. The maximum Gasteiger partial charge on any atom is 0.344 e. The lowest BCUT2D eigenvalue weighted by Crippen LogP contribution is -2.55. The molecule has 9 heteroatoms. The predicted molar refractivity (Wildman–Crippen MR) is 67.4 cm³/mol. The second-order valence-electron chi connectivity index (χ2n) is 5.30. The molecule has 2 fully saturated rings. The summed E-state index contributed by atoms with van der Waals surface area (Å²) < 4.78 is 0. The zero-order valence-corrected chi connectivity index (χ0v) is 11.5. The molecule has 0 aromatic heterocycles. The standard InChI is InChI=1S/C11H19N5O4/c1-14(2)6-9(17)12-13-10(18)8-4-3-7-5-15(8)11(19)16(7)20/h7-8,20H,3-6H2,1-2H3,(H,12,17)(H,13,18). The average molecular weight is 285 g/mol. The number of hydrogen-bond acceptors (Lipinski definition) is 5. The number of nitrogens with one attached hydrogen (secondary N) is 2. The average Bonchev–Trinajstić information content (AvgIpc) is 2.61. The maximum absolute atomic E-state index is 12.0. The zero-order valence-electron chi connectivity index (χ0n) is 11.5. The normalized spacial score (nSPS) is 25.1. The van der Waals surface area contributed by atoms with Crippen molar-refractivity contribution >= 4 is 17.8 Å². The van der Waals surface area contributed by atoms with Gasteiger partial charge in [0.2, 0.25) is 0 Å². The van der Waals surface area contributed by atoms with Crippen LogP contribution in [0.4, 0.5) is 4.79 Å². The van der Waals surface area contributed by atoms with E-state index >= 15 is 0 Å². The lowest BCUT2D eigenvalue weighted by Gasteiger charge is -2.29. The summed E-state index contributed by atoms with van der Waals surface area (Å²) in [5, 5.41) is 10.2. The third-order valence-corrected chi connectivity index (χ3v) is 3.43. The number of nitrogens with zero attached hydrogens (tertiary/aromatic N) is 3. The highest BCUT2D eigenvalue weighted by molar-refractivity contribution is 5.90. The maximum atomic E-state index is 12.0. The van der Waals surface area contributed by atoms with Gasteiger partial charge < -0.3 is 9.80 Å². The van der Waals surface area contributed by atoms with Crippen LogP contribution in [0, 0.1) is 0 Å². The van der Waals surface area contributed by atoms with Crippen LogP contribution in [-0.4, -0.2) is 77.2 Å². The molecule has 0 saturated carbocycles. The summed E-state index contributed by atoms with van der Waals surface area (Å²) in [6, 6.07) is -1.46. The van der Waals surface area contributed by atoms with Gasteiger partial charge in [-0.1, -0.05) is 0 Å². The number of fused-ring (bicyclic) bond motifs is 2. The largest absolute Gasteiger partial charge is 0.344 e. The molecule has 2 bridgehead atoms. The lowest BCUT2D eigenvalue weighted by atomic mass is 10.0. The van der Waals surface area contributed by atoms with Crippen LogP contribution >= 0.6 is 0 Å². The van der Waals surface area contributed by atoms with E-state index in [9.17, 15) is 19.6 Å². The Morgan fingerprint density at radius 3 is 2.70 bits per heavy atom. The second kappa shape index (κ2) is 5.63. The monoisotopic (exact) mass is 285 g/mol. The number of carbonyl (C=O) groups excluding carboxylic acids is 3. The van der Waals surface area contributed by atoms with Crippen molar-refractivity contribution in [3.63, 3.8) is 0 Å². The highest BCUT2D eigenvalue weighted by atomic mass is 16.5. The number of hydrazine groups is 1. The first-order valence-electron chi connectivity index (χ1n) is 6.42. The molecule has 0 radical (unpaired) electrons. The fraction of sp³-hybridized carbons (Fsp3) is 0.727. The number of piperidine rings is 1. The van der Waals surface area contributed by atoms with Crippen molar-refractivity contribution < 1.29 is 19.6 Å². The third kappa shape index (κ3) is 2.83. The van der Waals surface area contributed by atoms with Crippen molar-refractivity contribution in [3.8, 4) is 0 Å². The van der Waals surface area contributed by atoms with E-state index in [0.29, 0.717) is 24.4 Å². The first kappa shape index (κ1) is 14.5. The molecule has 0 spiro atoms. The Morgan fingerprint density at radius 1 is 1.35 bits per heavy atom. The molecule has 2 aliphatic rings. The molecule has 0 aromatic carbocycles. The molecule has 2 aliphatic heterocycles. The number of hydroxylamine groups is 2. The van der Waals surface area contributed by atoms with Crippen LogP contribution in [-0.2, 0) is 9.59 Å². The van der Waals surface area contributed by atoms with Gasteiger partial charge in [0.25, 0.3) is 11.8 Å². The highest BCUT2D eigenvalue weighted by Crippen LogP contribution is 2.28. The van der Waals surface area contributed by atoms with E-state index in [1.807, 2.05) is 0 Å². The summed E-state index contributed by atoms with van der Waals surface area (Å²) >= 11 is 0. The molecule has 0 aromatic rings. The number of carbonyl (C=O) groups is 3. The molecule has 0 aliphatic carbocycles. The van der Waals surface area contributed by atoms with Crippen LogP contribution in [0.5, 0.6) is 0 Å². The molecule has 2 rings (SSSR count).